The van der Waals surface area contributed by atoms with Gasteiger partial charge in [-0.1, -0.05) is 48.0 Å². The molecule has 1 aromatic heterocycles. The molecule has 1 fully saturated rings. The van der Waals surface area contributed by atoms with E-state index in [1.807, 2.05) is 11.6 Å². The molecule has 0 spiro atoms. The summed E-state index contributed by atoms with van der Waals surface area (Å²) in [6.07, 6.45) is -5.63. The SMILES string of the molecule is Cc1ccc(-c2cc(C(F)(F)F)nn2-c2ccc(S(=O)(=O)NC(=O)C3CCN(/[N+]([O-])=N/OC(C)OC(=O)c4ccccc4)CC3)cc2)cc1. The summed E-state index contributed by atoms with van der Waals surface area (Å²) in [5, 5.41) is 20.7. The largest absolute Gasteiger partial charge is 0.569 e. The van der Waals surface area contributed by atoms with Gasteiger partial charge in [0.15, 0.2) is 5.69 Å². The minimum Gasteiger partial charge on any atom is -0.569 e. The molecule has 17 heteroatoms. The van der Waals surface area contributed by atoms with Crippen molar-refractivity contribution >= 4 is 21.9 Å². The van der Waals surface area contributed by atoms with E-state index < -0.39 is 46.0 Å². The Labute approximate surface area is 279 Å². The molecule has 4 aromatic rings. The van der Waals surface area contributed by atoms with Gasteiger partial charge in [-0.15, -0.1) is 5.01 Å². The number of hydrazine groups is 1. The van der Waals surface area contributed by atoms with Gasteiger partial charge in [-0.25, -0.2) is 22.6 Å². The summed E-state index contributed by atoms with van der Waals surface area (Å²) in [4.78, 5) is 29.8. The topological polar surface area (TPSA) is 158 Å². The second kappa shape index (κ2) is 14.3. The lowest BCUT2D eigenvalue weighted by Crippen LogP contribution is -2.44. The fourth-order valence-electron chi connectivity index (χ4n) is 4.96. The summed E-state index contributed by atoms with van der Waals surface area (Å²) in [6, 6.07) is 20.8. The summed E-state index contributed by atoms with van der Waals surface area (Å²) in [7, 11) is -4.35. The smallest absolute Gasteiger partial charge is 0.435 e. The number of benzene rings is 3. The van der Waals surface area contributed by atoms with Crippen LogP contribution in [-0.2, 0) is 30.6 Å². The predicted molar refractivity (Wildman–Crippen MR) is 167 cm³/mol. The molecule has 49 heavy (non-hydrogen) atoms. The molecule has 3 aromatic carbocycles. The van der Waals surface area contributed by atoms with Crippen LogP contribution in [0, 0.1) is 18.0 Å². The van der Waals surface area contributed by atoms with E-state index >= 15 is 0 Å². The van der Waals surface area contributed by atoms with Crippen molar-refractivity contribution in [3.63, 3.8) is 0 Å². The molecular weight excluding hydrogens is 669 g/mol. The van der Waals surface area contributed by atoms with Gasteiger partial charge in [0.2, 0.25) is 11.2 Å². The number of esters is 1. The Bertz CT molecular complexity index is 1930. The van der Waals surface area contributed by atoms with Crippen LogP contribution in [0.3, 0.4) is 0 Å². The molecule has 13 nitrogen and oxygen atoms in total. The molecular formula is C32H31F3N6O7S. The van der Waals surface area contributed by atoms with Gasteiger partial charge in [-0.3, -0.25) is 9.63 Å². The minimum absolute atomic E-state index is 0.0501. The van der Waals surface area contributed by atoms with E-state index in [4.69, 9.17) is 9.57 Å². The second-order valence-electron chi connectivity index (χ2n) is 11.2. The number of halogens is 3. The average molecular weight is 701 g/mol. The van der Waals surface area contributed by atoms with Crippen LogP contribution < -0.4 is 4.72 Å². The van der Waals surface area contributed by atoms with Crippen LogP contribution in [0.4, 0.5) is 13.2 Å². The van der Waals surface area contributed by atoms with E-state index in [0.717, 1.165) is 28.4 Å². The Balaban J connectivity index is 1.18. The number of rotatable bonds is 10. The van der Waals surface area contributed by atoms with Crippen LogP contribution in [0.1, 0.15) is 41.4 Å². The van der Waals surface area contributed by atoms with E-state index in [2.05, 4.69) is 10.4 Å². The van der Waals surface area contributed by atoms with Crippen molar-refractivity contribution in [2.75, 3.05) is 13.1 Å². The first-order valence-electron chi connectivity index (χ1n) is 15.0. The number of aryl methyl sites for hydroxylation is 1. The van der Waals surface area contributed by atoms with Crippen LogP contribution in [0.2, 0.25) is 0 Å². The number of hydrogen-bond donors (Lipinski definition) is 1. The van der Waals surface area contributed by atoms with Crippen molar-refractivity contribution in [2.45, 2.75) is 44.1 Å². The predicted octanol–water partition coefficient (Wildman–Crippen LogP) is 5.40. The van der Waals surface area contributed by atoms with Gasteiger partial charge in [0.1, 0.15) is 0 Å². The normalized spacial score (nSPS) is 15.0. The molecule has 1 N–H and O–H groups in total. The highest BCUT2D eigenvalue weighted by molar-refractivity contribution is 7.90. The van der Waals surface area contributed by atoms with E-state index in [-0.39, 0.29) is 47.2 Å². The van der Waals surface area contributed by atoms with Gasteiger partial charge < -0.3 is 9.94 Å². The van der Waals surface area contributed by atoms with Crippen molar-refractivity contribution < 1.29 is 45.7 Å². The maximum Gasteiger partial charge on any atom is 0.435 e. The van der Waals surface area contributed by atoms with E-state index in [0.29, 0.717) is 11.1 Å². The summed E-state index contributed by atoms with van der Waals surface area (Å²) in [5.41, 5.74) is 0.891. The van der Waals surface area contributed by atoms with Crippen molar-refractivity contribution in [1.29, 1.82) is 0 Å². The lowest BCUT2D eigenvalue weighted by Gasteiger charge is -2.27. The summed E-state index contributed by atoms with van der Waals surface area (Å²) >= 11 is 0. The molecule has 1 amide bonds. The number of ether oxygens (including phenoxy) is 1. The Hall–Kier alpha value is -5.45. The molecule has 5 rings (SSSR count). The van der Waals surface area contributed by atoms with Crippen LogP contribution in [0.25, 0.3) is 16.9 Å². The van der Waals surface area contributed by atoms with Gasteiger partial charge in [-0.2, -0.15) is 18.3 Å². The monoisotopic (exact) mass is 700 g/mol. The highest BCUT2D eigenvalue weighted by atomic mass is 32.2. The van der Waals surface area contributed by atoms with Crippen molar-refractivity contribution in [3.05, 3.63) is 107 Å². The Kier molecular flexibility index (Phi) is 10.2. The molecule has 1 unspecified atom stereocenters. The number of hydrogen-bond acceptors (Lipinski definition) is 9. The molecule has 1 saturated heterocycles. The van der Waals surface area contributed by atoms with Crippen molar-refractivity contribution in [3.8, 4) is 16.9 Å². The first kappa shape index (κ1) is 34.9. The van der Waals surface area contributed by atoms with Crippen LogP contribution >= 0.6 is 0 Å². The lowest BCUT2D eigenvalue weighted by molar-refractivity contribution is -0.715. The third-order valence-electron chi connectivity index (χ3n) is 7.61. The third-order valence-corrected chi connectivity index (χ3v) is 8.97. The van der Waals surface area contributed by atoms with Gasteiger partial charge in [-0.05, 0) is 62.2 Å². The Morgan fingerprint density at radius 2 is 1.65 bits per heavy atom. The summed E-state index contributed by atoms with van der Waals surface area (Å²) < 4.78 is 74.9. The molecule has 0 saturated carbocycles. The Morgan fingerprint density at radius 3 is 2.27 bits per heavy atom. The molecule has 1 aliphatic heterocycles. The molecule has 0 radical (unpaired) electrons. The van der Waals surface area contributed by atoms with E-state index in [1.54, 1.807) is 54.6 Å². The van der Waals surface area contributed by atoms with Gasteiger partial charge in [0.05, 0.1) is 39.9 Å². The van der Waals surface area contributed by atoms with Gasteiger partial charge in [0, 0.05) is 18.4 Å². The molecule has 1 aliphatic rings. The summed E-state index contributed by atoms with van der Waals surface area (Å²) in [5.74, 6) is -2.19. The maximum atomic E-state index is 13.5. The number of amides is 1. The maximum absolute atomic E-state index is 13.5. The third kappa shape index (κ3) is 8.53. The molecule has 0 aliphatic carbocycles. The van der Waals surface area contributed by atoms with Crippen molar-refractivity contribution in [2.24, 2.45) is 11.2 Å². The highest BCUT2D eigenvalue weighted by Crippen LogP contribution is 2.33. The number of carbonyl (C=O) groups is 2. The minimum atomic E-state index is -4.71. The zero-order valence-corrected chi connectivity index (χ0v) is 27.0. The van der Waals surface area contributed by atoms with Crippen molar-refractivity contribution in [1.82, 2.24) is 19.5 Å². The average Bonchev–Trinajstić information content (AvgIpc) is 3.54. The molecule has 1 atom stereocenters. The zero-order valence-electron chi connectivity index (χ0n) is 26.2. The molecule has 0 bridgehead atoms. The number of alkyl halides is 3. The first-order chi connectivity index (χ1) is 23.2. The van der Waals surface area contributed by atoms with Gasteiger partial charge in [0.25, 0.3) is 16.3 Å². The number of nitrogens with one attached hydrogen (secondary N) is 1. The fraction of sp³-hybridized carbons (Fsp3) is 0.281. The number of piperidine rings is 1. The molecule has 258 valence electrons. The van der Waals surface area contributed by atoms with Crippen LogP contribution in [-0.4, -0.2) is 59.4 Å². The van der Waals surface area contributed by atoms with E-state index in [9.17, 15) is 36.4 Å². The van der Waals surface area contributed by atoms with Crippen LogP contribution in [0.15, 0.2) is 95.1 Å². The quantitative estimate of drug-likeness (QED) is 0.0752. The highest BCUT2D eigenvalue weighted by Gasteiger charge is 2.36. The second-order valence-corrected chi connectivity index (χ2v) is 12.8. The summed E-state index contributed by atoms with van der Waals surface area (Å²) in [6.45, 7) is 3.32. The zero-order chi connectivity index (χ0) is 35.3. The molecule has 2 heterocycles. The number of sulfonamides is 1. The Morgan fingerprint density at radius 1 is 1.02 bits per heavy atom. The van der Waals surface area contributed by atoms with E-state index in [1.165, 1.54) is 24.1 Å². The van der Waals surface area contributed by atoms with Crippen LogP contribution in [0.5, 0.6) is 0 Å². The number of aromatic nitrogens is 2. The number of nitrogens with zero attached hydrogens (tertiary/aromatic N) is 5. The lowest BCUT2D eigenvalue weighted by atomic mass is 9.97. The van der Waals surface area contributed by atoms with Gasteiger partial charge >= 0.3 is 12.1 Å². The standard InChI is InChI=1S/C32H31F3N6O7S/c1-21-8-10-23(11-9-21)28-20-29(32(33,34)35)36-40(28)26-12-14-27(15-13-26)49(45,46)37-30(42)24-16-18-39(19-17-24)41(44)38-48-22(2)47-31(43)25-6-4-3-5-7-25/h3-15,20,22,24H,16-19H2,1-2H3,(H,37,42)/b41-38-. The first-order valence-corrected chi connectivity index (χ1v) is 16.5. The number of carbonyl (C=O) groups excluding carboxylic acids is 2. The fourth-order valence-corrected chi connectivity index (χ4v) is 6.00.